The molecule has 1 unspecified atom stereocenters. The number of hydrogen-bond donors (Lipinski definition) is 0. The SMILES string of the molecule is O=C1OC(C(=O)Oc2ccc3c(c2)OCO3)Cc2ccccc21. The third-order valence-electron chi connectivity index (χ3n) is 3.72. The average molecular weight is 312 g/mol. The molecule has 23 heavy (non-hydrogen) atoms. The van der Waals surface area contributed by atoms with Crippen LogP contribution < -0.4 is 14.2 Å². The third-order valence-corrected chi connectivity index (χ3v) is 3.72. The highest BCUT2D eigenvalue weighted by Crippen LogP contribution is 2.35. The summed E-state index contributed by atoms with van der Waals surface area (Å²) in [5.74, 6) is 0.296. The summed E-state index contributed by atoms with van der Waals surface area (Å²) < 4.78 is 20.9. The van der Waals surface area contributed by atoms with Gasteiger partial charge in [-0.15, -0.1) is 0 Å². The Morgan fingerprint density at radius 1 is 1.09 bits per heavy atom. The van der Waals surface area contributed by atoms with E-state index in [1.54, 1.807) is 36.4 Å². The molecule has 2 aliphatic heterocycles. The number of cyclic esters (lactones) is 1. The van der Waals surface area contributed by atoms with Gasteiger partial charge in [0.2, 0.25) is 12.9 Å². The fourth-order valence-electron chi connectivity index (χ4n) is 2.59. The van der Waals surface area contributed by atoms with Crippen LogP contribution in [0, 0.1) is 0 Å². The summed E-state index contributed by atoms with van der Waals surface area (Å²) in [6.07, 6.45) is -0.659. The van der Waals surface area contributed by atoms with Gasteiger partial charge in [-0.3, -0.25) is 0 Å². The molecule has 0 radical (unpaired) electrons. The van der Waals surface area contributed by atoms with Crippen LogP contribution in [0.5, 0.6) is 17.2 Å². The van der Waals surface area contributed by atoms with Gasteiger partial charge in [0.15, 0.2) is 11.5 Å². The number of esters is 2. The molecular weight excluding hydrogens is 300 g/mol. The van der Waals surface area contributed by atoms with Gasteiger partial charge in [0.05, 0.1) is 5.56 Å². The van der Waals surface area contributed by atoms with Crippen LogP contribution >= 0.6 is 0 Å². The highest BCUT2D eigenvalue weighted by atomic mass is 16.7. The lowest BCUT2D eigenvalue weighted by atomic mass is 9.99. The van der Waals surface area contributed by atoms with E-state index in [1.807, 2.05) is 6.07 Å². The molecule has 0 bridgehead atoms. The number of carbonyl (C=O) groups excluding carboxylic acids is 2. The number of carbonyl (C=O) groups is 2. The van der Waals surface area contributed by atoms with Gasteiger partial charge in [0.1, 0.15) is 5.75 Å². The molecule has 0 saturated heterocycles. The number of hydrogen-bond acceptors (Lipinski definition) is 6. The zero-order valence-corrected chi connectivity index (χ0v) is 12.0. The second-order valence-electron chi connectivity index (χ2n) is 5.19. The largest absolute Gasteiger partial charge is 0.454 e. The molecule has 0 saturated carbocycles. The maximum Gasteiger partial charge on any atom is 0.353 e. The standard InChI is InChI=1S/C17H12O6/c18-16-12-4-2-1-3-10(12)7-15(23-16)17(19)22-11-5-6-13-14(8-11)21-9-20-13/h1-6,8,15H,7,9H2. The molecule has 0 spiro atoms. The average Bonchev–Trinajstić information content (AvgIpc) is 3.02. The summed E-state index contributed by atoms with van der Waals surface area (Å²) in [6, 6.07) is 11.9. The molecule has 0 fully saturated rings. The van der Waals surface area contributed by atoms with Gasteiger partial charge >= 0.3 is 11.9 Å². The highest BCUT2D eigenvalue weighted by Gasteiger charge is 2.32. The van der Waals surface area contributed by atoms with Crippen molar-refractivity contribution in [1.29, 1.82) is 0 Å². The molecule has 0 amide bonds. The molecule has 2 aliphatic rings. The van der Waals surface area contributed by atoms with Crippen LogP contribution in [0.15, 0.2) is 42.5 Å². The molecule has 116 valence electrons. The quantitative estimate of drug-likeness (QED) is 0.625. The first kappa shape index (κ1) is 13.6. The summed E-state index contributed by atoms with van der Waals surface area (Å²) >= 11 is 0. The molecule has 4 rings (SSSR count). The lowest BCUT2D eigenvalue weighted by molar-refractivity contribution is -0.144. The molecule has 0 aromatic heterocycles. The predicted octanol–water partition coefficient (Wildman–Crippen LogP) is 2.10. The van der Waals surface area contributed by atoms with Crippen LogP contribution in [0.2, 0.25) is 0 Å². The van der Waals surface area contributed by atoms with Crippen molar-refractivity contribution in [3.8, 4) is 17.2 Å². The van der Waals surface area contributed by atoms with E-state index in [2.05, 4.69) is 0 Å². The number of ether oxygens (including phenoxy) is 4. The Labute approximate surface area is 131 Å². The van der Waals surface area contributed by atoms with E-state index >= 15 is 0 Å². The highest BCUT2D eigenvalue weighted by molar-refractivity contribution is 5.95. The fraction of sp³-hybridized carbons (Fsp3) is 0.176. The Morgan fingerprint density at radius 3 is 2.83 bits per heavy atom. The van der Waals surface area contributed by atoms with E-state index < -0.39 is 18.0 Å². The van der Waals surface area contributed by atoms with E-state index in [1.165, 1.54) is 0 Å². The summed E-state index contributed by atoms with van der Waals surface area (Å²) in [7, 11) is 0. The van der Waals surface area contributed by atoms with E-state index in [0.29, 0.717) is 29.2 Å². The second-order valence-corrected chi connectivity index (χ2v) is 5.19. The minimum absolute atomic E-state index is 0.143. The van der Waals surface area contributed by atoms with Gasteiger partial charge in [-0.2, -0.15) is 0 Å². The van der Waals surface area contributed by atoms with Gasteiger partial charge in [-0.1, -0.05) is 18.2 Å². The van der Waals surface area contributed by atoms with Crippen molar-refractivity contribution in [2.45, 2.75) is 12.5 Å². The summed E-state index contributed by atoms with van der Waals surface area (Å²) in [5, 5.41) is 0. The zero-order valence-electron chi connectivity index (χ0n) is 12.0. The van der Waals surface area contributed by atoms with Crippen molar-refractivity contribution in [1.82, 2.24) is 0 Å². The first-order valence-electron chi connectivity index (χ1n) is 7.11. The first-order valence-corrected chi connectivity index (χ1v) is 7.11. The molecule has 6 nitrogen and oxygen atoms in total. The molecule has 2 heterocycles. The van der Waals surface area contributed by atoms with Crippen molar-refractivity contribution in [2.75, 3.05) is 6.79 Å². The summed E-state index contributed by atoms with van der Waals surface area (Å²) in [5.41, 5.74) is 1.26. The molecule has 1 atom stereocenters. The second kappa shape index (κ2) is 5.31. The Kier molecular flexibility index (Phi) is 3.15. The van der Waals surface area contributed by atoms with Gasteiger partial charge < -0.3 is 18.9 Å². The molecule has 0 N–H and O–H groups in total. The lowest BCUT2D eigenvalue weighted by Gasteiger charge is -2.23. The Hall–Kier alpha value is -3.02. The predicted molar refractivity (Wildman–Crippen MR) is 77.5 cm³/mol. The van der Waals surface area contributed by atoms with Crippen molar-refractivity contribution >= 4 is 11.9 Å². The minimum Gasteiger partial charge on any atom is -0.454 e. The van der Waals surface area contributed by atoms with Crippen LogP contribution in [0.25, 0.3) is 0 Å². The van der Waals surface area contributed by atoms with Crippen molar-refractivity contribution in [3.63, 3.8) is 0 Å². The Bertz CT molecular complexity index is 797. The van der Waals surface area contributed by atoms with Crippen LogP contribution in [0.1, 0.15) is 15.9 Å². The maximum absolute atomic E-state index is 12.3. The topological polar surface area (TPSA) is 71.1 Å². The lowest BCUT2D eigenvalue weighted by Crippen LogP contribution is -2.36. The van der Waals surface area contributed by atoms with Gasteiger partial charge in [-0.25, -0.2) is 9.59 Å². The molecule has 2 aromatic carbocycles. The van der Waals surface area contributed by atoms with Crippen molar-refractivity contribution in [3.05, 3.63) is 53.6 Å². The molecule has 6 heteroatoms. The molecule has 0 aliphatic carbocycles. The summed E-state index contributed by atoms with van der Waals surface area (Å²) in [4.78, 5) is 24.2. The van der Waals surface area contributed by atoms with Crippen LogP contribution in [-0.2, 0) is 16.0 Å². The van der Waals surface area contributed by atoms with Crippen LogP contribution in [0.4, 0.5) is 0 Å². The molecule has 2 aromatic rings. The third kappa shape index (κ3) is 2.48. The first-order chi connectivity index (χ1) is 11.2. The van der Waals surface area contributed by atoms with Crippen LogP contribution in [-0.4, -0.2) is 24.8 Å². The monoisotopic (exact) mass is 312 g/mol. The Balaban J connectivity index is 1.51. The number of benzene rings is 2. The summed E-state index contributed by atoms with van der Waals surface area (Å²) in [6.45, 7) is 0.143. The van der Waals surface area contributed by atoms with Gasteiger partial charge in [0, 0.05) is 12.5 Å². The Morgan fingerprint density at radius 2 is 1.91 bits per heavy atom. The van der Waals surface area contributed by atoms with E-state index in [0.717, 1.165) is 5.56 Å². The van der Waals surface area contributed by atoms with Crippen LogP contribution in [0.3, 0.4) is 0 Å². The fourth-order valence-corrected chi connectivity index (χ4v) is 2.59. The zero-order chi connectivity index (χ0) is 15.8. The van der Waals surface area contributed by atoms with E-state index in [4.69, 9.17) is 18.9 Å². The van der Waals surface area contributed by atoms with Gasteiger partial charge in [0.25, 0.3) is 0 Å². The smallest absolute Gasteiger partial charge is 0.353 e. The normalized spacial score (nSPS) is 18.1. The van der Waals surface area contributed by atoms with Gasteiger partial charge in [-0.05, 0) is 23.8 Å². The van der Waals surface area contributed by atoms with E-state index in [-0.39, 0.29) is 6.79 Å². The van der Waals surface area contributed by atoms with Crippen molar-refractivity contribution < 1.29 is 28.5 Å². The minimum atomic E-state index is -0.956. The molecular formula is C17H12O6. The maximum atomic E-state index is 12.3. The van der Waals surface area contributed by atoms with Crippen molar-refractivity contribution in [2.24, 2.45) is 0 Å². The van der Waals surface area contributed by atoms with E-state index in [9.17, 15) is 9.59 Å². The number of rotatable bonds is 2. The number of fused-ring (bicyclic) bond motifs is 2.